The van der Waals surface area contributed by atoms with Gasteiger partial charge in [0, 0.05) is 13.2 Å². The van der Waals surface area contributed by atoms with Crippen LogP contribution in [0.5, 0.6) is 0 Å². The Kier molecular flexibility index (Phi) is 2.92. The van der Waals surface area contributed by atoms with Crippen molar-refractivity contribution in [2.45, 2.75) is 12.8 Å². The van der Waals surface area contributed by atoms with Crippen LogP contribution in [0.15, 0.2) is 0 Å². The van der Waals surface area contributed by atoms with Crippen LogP contribution in [0.25, 0.3) is 0 Å². The standard InChI is InChI=1S/C3H7N.C3H6O/c2*1-2-4-3-1/h4H,1-3H2;1-3H2. The second-order valence-electron chi connectivity index (χ2n) is 2.07. The molecule has 0 unspecified atom stereocenters. The minimum atomic E-state index is 1.00. The first-order valence-corrected chi connectivity index (χ1v) is 3.28. The minimum absolute atomic E-state index is 1.00. The van der Waals surface area contributed by atoms with E-state index >= 15 is 0 Å². The van der Waals surface area contributed by atoms with Gasteiger partial charge >= 0.3 is 0 Å². The van der Waals surface area contributed by atoms with Crippen LogP contribution in [-0.4, -0.2) is 26.3 Å². The van der Waals surface area contributed by atoms with Gasteiger partial charge in [-0.25, -0.2) is 0 Å². The Morgan fingerprint density at radius 3 is 1.25 bits per heavy atom. The van der Waals surface area contributed by atoms with E-state index < -0.39 is 0 Å². The molecule has 0 aromatic carbocycles. The monoisotopic (exact) mass is 115 g/mol. The third-order valence-corrected chi connectivity index (χ3v) is 1.28. The van der Waals surface area contributed by atoms with E-state index in [1.807, 2.05) is 0 Å². The van der Waals surface area contributed by atoms with Crippen molar-refractivity contribution >= 4 is 0 Å². The molecule has 2 rings (SSSR count). The van der Waals surface area contributed by atoms with E-state index in [-0.39, 0.29) is 0 Å². The Bertz CT molecular complexity index is 32.5. The highest BCUT2D eigenvalue weighted by Crippen LogP contribution is 1.93. The van der Waals surface area contributed by atoms with E-state index in [1.165, 1.54) is 25.9 Å². The van der Waals surface area contributed by atoms with Crippen LogP contribution in [0.4, 0.5) is 0 Å². The average molecular weight is 115 g/mol. The Morgan fingerprint density at radius 2 is 1.25 bits per heavy atom. The highest BCUT2D eigenvalue weighted by molar-refractivity contribution is 4.56. The van der Waals surface area contributed by atoms with Crippen molar-refractivity contribution in [2.24, 2.45) is 0 Å². The molecule has 2 fully saturated rings. The van der Waals surface area contributed by atoms with E-state index in [4.69, 9.17) is 4.74 Å². The third kappa shape index (κ3) is 2.28. The molecule has 8 heavy (non-hydrogen) atoms. The number of ether oxygens (including phenoxy) is 1. The van der Waals surface area contributed by atoms with E-state index in [9.17, 15) is 0 Å². The minimum Gasteiger partial charge on any atom is -0.381 e. The van der Waals surface area contributed by atoms with Crippen LogP contribution in [-0.2, 0) is 4.74 Å². The van der Waals surface area contributed by atoms with Crippen molar-refractivity contribution in [2.75, 3.05) is 26.3 Å². The van der Waals surface area contributed by atoms with Gasteiger partial charge < -0.3 is 10.1 Å². The number of hydrogen-bond acceptors (Lipinski definition) is 2. The molecule has 2 heterocycles. The van der Waals surface area contributed by atoms with Crippen molar-refractivity contribution in [3.05, 3.63) is 0 Å². The molecule has 0 aromatic heterocycles. The predicted molar refractivity (Wildman–Crippen MR) is 32.9 cm³/mol. The van der Waals surface area contributed by atoms with Crippen LogP contribution < -0.4 is 5.32 Å². The molecule has 0 aliphatic carbocycles. The van der Waals surface area contributed by atoms with Crippen molar-refractivity contribution in [1.82, 2.24) is 5.32 Å². The lowest BCUT2D eigenvalue weighted by Crippen LogP contribution is -2.29. The maximum absolute atomic E-state index is 4.72. The zero-order valence-electron chi connectivity index (χ0n) is 5.15. The lowest BCUT2D eigenvalue weighted by Gasteiger charge is -2.09. The zero-order valence-corrected chi connectivity index (χ0v) is 5.15. The van der Waals surface area contributed by atoms with Crippen LogP contribution in [0.1, 0.15) is 12.8 Å². The topological polar surface area (TPSA) is 21.3 Å². The summed E-state index contributed by atoms with van der Waals surface area (Å²) < 4.78 is 4.72. The molecular formula is C6H13NO. The van der Waals surface area contributed by atoms with Gasteiger partial charge in [0.2, 0.25) is 0 Å². The van der Waals surface area contributed by atoms with Gasteiger partial charge in [-0.3, -0.25) is 0 Å². The van der Waals surface area contributed by atoms with Crippen LogP contribution in [0.2, 0.25) is 0 Å². The SMILES string of the molecule is C1CNC1.C1COC1. The summed E-state index contributed by atoms with van der Waals surface area (Å²) >= 11 is 0. The van der Waals surface area contributed by atoms with E-state index in [0.29, 0.717) is 0 Å². The first-order chi connectivity index (χ1) is 4.00. The quantitative estimate of drug-likeness (QED) is 0.493. The first kappa shape index (κ1) is 6.05. The molecule has 2 nitrogen and oxygen atoms in total. The predicted octanol–water partition coefficient (Wildman–Crippen LogP) is 0.386. The lowest BCUT2D eigenvalue weighted by molar-refractivity contribution is 0.0367. The average Bonchev–Trinajstić information content (AvgIpc) is 1.12. The second-order valence-corrected chi connectivity index (χ2v) is 2.07. The Labute approximate surface area is 50.2 Å². The lowest BCUT2D eigenvalue weighted by atomic mass is 10.3. The fourth-order valence-corrected chi connectivity index (χ4v) is 0.321. The summed E-state index contributed by atoms with van der Waals surface area (Å²) in [4.78, 5) is 0. The normalized spacial score (nSPS) is 24.0. The Morgan fingerprint density at radius 1 is 1.00 bits per heavy atom. The van der Waals surface area contributed by atoms with Gasteiger partial charge in [-0.05, 0) is 25.9 Å². The van der Waals surface area contributed by atoms with Crippen molar-refractivity contribution in [3.63, 3.8) is 0 Å². The Hall–Kier alpha value is -0.0800. The second kappa shape index (κ2) is 3.87. The summed E-state index contributed by atoms with van der Waals surface area (Å²) in [5, 5.41) is 3.11. The van der Waals surface area contributed by atoms with Crippen LogP contribution >= 0.6 is 0 Å². The van der Waals surface area contributed by atoms with Gasteiger partial charge in [-0.15, -0.1) is 0 Å². The molecule has 0 radical (unpaired) electrons. The maximum Gasteiger partial charge on any atom is 0.0488 e. The fraction of sp³-hybridized carbons (Fsp3) is 1.00. The highest BCUT2D eigenvalue weighted by atomic mass is 16.5. The zero-order chi connectivity index (χ0) is 5.66. The van der Waals surface area contributed by atoms with E-state index in [0.717, 1.165) is 13.2 Å². The summed E-state index contributed by atoms with van der Waals surface area (Å²) in [5.74, 6) is 0. The summed E-state index contributed by atoms with van der Waals surface area (Å²) in [7, 11) is 0. The van der Waals surface area contributed by atoms with E-state index in [2.05, 4.69) is 5.32 Å². The highest BCUT2D eigenvalue weighted by Gasteiger charge is 1.94. The first-order valence-electron chi connectivity index (χ1n) is 3.28. The molecular weight excluding hydrogens is 102 g/mol. The van der Waals surface area contributed by atoms with Crippen LogP contribution in [0.3, 0.4) is 0 Å². The van der Waals surface area contributed by atoms with Crippen molar-refractivity contribution in [3.8, 4) is 0 Å². The largest absolute Gasteiger partial charge is 0.381 e. The van der Waals surface area contributed by atoms with Gasteiger partial charge in [-0.1, -0.05) is 0 Å². The summed E-state index contributed by atoms with van der Waals surface area (Å²) in [6.07, 6.45) is 2.67. The molecule has 1 N–H and O–H groups in total. The third-order valence-electron chi connectivity index (χ3n) is 1.28. The van der Waals surface area contributed by atoms with Gasteiger partial charge in [0.25, 0.3) is 0 Å². The molecule has 0 aromatic rings. The van der Waals surface area contributed by atoms with E-state index in [1.54, 1.807) is 0 Å². The molecule has 2 aliphatic heterocycles. The Balaban J connectivity index is 0.0000000800. The van der Waals surface area contributed by atoms with Crippen molar-refractivity contribution in [1.29, 1.82) is 0 Å². The van der Waals surface area contributed by atoms with Crippen LogP contribution in [0, 0.1) is 0 Å². The summed E-state index contributed by atoms with van der Waals surface area (Å²) in [6.45, 7) is 4.50. The molecule has 48 valence electrons. The van der Waals surface area contributed by atoms with Gasteiger partial charge in [0.05, 0.1) is 0 Å². The molecule has 2 aliphatic rings. The molecule has 0 saturated carbocycles. The maximum atomic E-state index is 4.72. The summed E-state index contributed by atoms with van der Waals surface area (Å²) in [5.41, 5.74) is 0. The molecule has 2 heteroatoms. The van der Waals surface area contributed by atoms with Gasteiger partial charge in [-0.2, -0.15) is 0 Å². The number of rotatable bonds is 0. The smallest absolute Gasteiger partial charge is 0.0488 e. The fourth-order valence-electron chi connectivity index (χ4n) is 0.321. The molecule has 2 saturated heterocycles. The van der Waals surface area contributed by atoms with Gasteiger partial charge in [0.15, 0.2) is 0 Å². The summed E-state index contributed by atoms with van der Waals surface area (Å²) in [6, 6.07) is 0. The molecule has 0 spiro atoms. The molecule has 0 bridgehead atoms. The molecule has 0 atom stereocenters. The van der Waals surface area contributed by atoms with Crippen molar-refractivity contribution < 1.29 is 4.74 Å². The number of nitrogens with one attached hydrogen (secondary N) is 1. The van der Waals surface area contributed by atoms with Gasteiger partial charge in [0.1, 0.15) is 0 Å². The number of hydrogen-bond donors (Lipinski definition) is 1. The molecule has 0 amide bonds.